The number of nitrogen functional groups attached to an aromatic ring is 1. The molecule has 3 N–H and O–H groups in total. The largest absolute Gasteiger partial charge is 0.457 e. The van der Waals surface area contributed by atoms with E-state index in [1.54, 1.807) is 0 Å². The number of rotatable bonds is 6. The lowest BCUT2D eigenvalue weighted by molar-refractivity contribution is 0.482. The second-order valence-corrected chi connectivity index (χ2v) is 8.44. The van der Waals surface area contributed by atoms with Gasteiger partial charge in [0.15, 0.2) is 0 Å². The summed E-state index contributed by atoms with van der Waals surface area (Å²) in [5.41, 5.74) is 13.1. The van der Waals surface area contributed by atoms with Crippen LogP contribution in [0.3, 0.4) is 0 Å². The number of nitrogens with one attached hydrogen (secondary N) is 1. The predicted octanol–water partition coefficient (Wildman–Crippen LogP) is 8.08. The molecule has 1 aliphatic rings. The van der Waals surface area contributed by atoms with E-state index >= 15 is 0 Å². The Morgan fingerprint density at radius 3 is 1.47 bits per heavy atom. The Balaban J connectivity index is 1.18. The molecule has 0 radical (unpaired) electrons. The van der Waals surface area contributed by atoms with Gasteiger partial charge in [-0.25, -0.2) is 9.98 Å². The first-order valence-electron chi connectivity index (χ1n) is 11.7. The molecule has 1 aliphatic carbocycles. The predicted molar refractivity (Wildman–Crippen MR) is 151 cm³/mol. The normalized spacial score (nSPS) is 12.4. The first-order chi connectivity index (χ1) is 17.6. The fourth-order valence-electron chi connectivity index (χ4n) is 3.58. The quantitative estimate of drug-likeness (QED) is 0.221. The van der Waals surface area contributed by atoms with Gasteiger partial charge in [-0.05, 0) is 116 Å². The maximum Gasteiger partial charge on any atom is 0.127 e. The van der Waals surface area contributed by atoms with E-state index in [-0.39, 0.29) is 0 Å². The van der Waals surface area contributed by atoms with Crippen molar-refractivity contribution in [2.45, 2.75) is 6.92 Å². The van der Waals surface area contributed by atoms with Crippen molar-refractivity contribution in [1.82, 2.24) is 0 Å². The van der Waals surface area contributed by atoms with Gasteiger partial charge in [0.1, 0.15) is 11.5 Å². The summed E-state index contributed by atoms with van der Waals surface area (Å²) in [4.78, 5) is 9.30. The van der Waals surface area contributed by atoms with Gasteiger partial charge < -0.3 is 15.8 Å². The van der Waals surface area contributed by atoms with Crippen molar-refractivity contribution in [2.75, 3.05) is 11.1 Å². The second-order valence-electron chi connectivity index (χ2n) is 8.44. The monoisotopic (exact) mass is 470 g/mol. The molecule has 0 amide bonds. The molecular formula is C31H26N4O. The number of aliphatic imine (C=N–C) groups is 2. The fourth-order valence-corrected chi connectivity index (χ4v) is 3.58. The minimum atomic E-state index is 0.728. The standard InChI is InChI=1S/C31H26N4O/c1-22-2-18-30(19-3-22)36-31-20-16-29(17-21-31)35-28-14-12-27(13-15-28)34-26-10-8-25(9-11-26)33-24-6-4-23(32)5-7-24/h2-21,35H,32H2,1H3. The summed E-state index contributed by atoms with van der Waals surface area (Å²) in [6, 6.07) is 31.4. The van der Waals surface area contributed by atoms with Crippen molar-refractivity contribution in [3.8, 4) is 11.5 Å². The molecule has 5 heteroatoms. The average molecular weight is 471 g/mol. The molecule has 0 fully saturated rings. The number of hydrogen-bond acceptors (Lipinski definition) is 5. The van der Waals surface area contributed by atoms with E-state index in [2.05, 4.69) is 17.2 Å². The molecule has 5 rings (SSSR count). The number of aryl methyl sites for hydroxylation is 1. The Hall–Kier alpha value is -4.90. The highest BCUT2D eigenvalue weighted by Gasteiger charge is 2.02. The van der Waals surface area contributed by atoms with Gasteiger partial charge in [0.05, 0.1) is 22.8 Å². The Morgan fingerprint density at radius 1 is 0.556 bits per heavy atom. The first kappa shape index (κ1) is 22.9. The van der Waals surface area contributed by atoms with E-state index in [1.807, 2.05) is 121 Å². The highest BCUT2D eigenvalue weighted by atomic mass is 16.5. The van der Waals surface area contributed by atoms with Gasteiger partial charge in [-0.1, -0.05) is 17.7 Å². The SMILES string of the molecule is Cc1ccc(Oc2ccc(Nc3ccc(N=C4C=CC(=Nc5ccc(N)cc5)C=C4)cc3)cc2)cc1. The van der Waals surface area contributed by atoms with Crippen molar-refractivity contribution in [3.05, 3.63) is 127 Å². The van der Waals surface area contributed by atoms with Crippen molar-refractivity contribution < 1.29 is 4.74 Å². The third kappa shape index (κ3) is 6.15. The van der Waals surface area contributed by atoms with Crippen LogP contribution in [0, 0.1) is 6.92 Å². The molecule has 176 valence electrons. The summed E-state index contributed by atoms with van der Waals surface area (Å²) in [6.07, 6.45) is 7.83. The van der Waals surface area contributed by atoms with E-state index in [0.29, 0.717) is 0 Å². The van der Waals surface area contributed by atoms with Gasteiger partial charge in [-0.3, -0.25) is 0 Å². The molecule has 0 unspecified atom stereocenters. The van der Waals surface area contributed by atoms with Crippen LogP contribution in [0.25, 0.3) is 0 Å². The molecule has 0 aromatic heterocycles. The van der Waals surface area contributed by atoms with Crippen LogP contribution in [-0.2, 0) is 0 Å². The molecule has 0 heterocycles. The van der Waals surface area contributed by atoms with Crippen LogP contribution in [0.15, 0.2) is 131 Å². The molecule has 0 saturated carbocycles. The van der Waals surface area contributed by atoms with E-state index in [1.165, 1.54) is 5.56 Å². The Kier molecular flexibility index (Phi) is 6.72. The van der Waals surface area contributed by atoms with Crippen molar-refractivity contribution >= 4 is 39.9 Å². The smallest absolute Gasteiger partial charge is 0.127 e. The summed E-state index contributed by atoms with van der Waals surface area (Å²) >= 11 is 0. The summed E-state index contributed by atoms with van der Waals surface area (Å²) in [6.45, 7) is 2.06. The summed E-state index contributed by atoms with van der Waals surface area (Å²) in [5.74, 6) is 1.62. The molecule has 5 nitrogen and oxygen atoms in total. The molecule has 4 aromatic carbocycles. The van der Waals surface area contributed by atoms with E-state index < -0.39 is 0 Å². The second kappa shape index (κ2) is 10.6. The number of allylic oxidation sites excluding steroid dienone is 4. The molecule has 4 aromatic rings. The van der Waals surface area contributed by atoms with E-state index in [9.17, 15) is 0 Å². The minimum Gasteiger partial charge on any atom is -0.457 e. The third-order valence-electron chi connectivity index (χ3n) is 5.53. The number of nitrogens with zero attached hydrogens (tertiary/aromatic N) is 2. The number of ether oxygens (including phenoxy) is 1. The van der Waals surface area contributed by atoms with Gasteiger partial charge in [0, 0.05) is 17.1 Å². The molecular weight excluding hydrogens is 444 g/mol. The Morgan fingerprint density at radius 2 is 0.972 bits per heavy atom. The molecule has 0 spiro atoms. The molecule has 36 heavy (non-hydrogen) atoms. The molecule has 0 atom stereocenters. The van der Waals surface area contributed by atoms with Gasteiger partial charge in [0.25, 0.3) is 0 Å². The van der Waals surface area contributed by atoms with E-state index in [4.69, 9.17) is 15.5 Å². The average Bonchev–Trinajstić information content (AvgIpc) is 2.90. The van der Waals surface area contributed by atoms with E-state index in [0.717, 1.165) is 51.4 Å². The molecule has 0 aliphatic heterocycles. The summed E-state index contributed by atoms with van der Waals surface area (Å²) in [7, 11) is 0. The minimum absolute atomic E-state index is 0.728. The molecule has 0 bridgehead atoms. The van der Waals surface area contributed by atoms with Gasteiger partial charge in [-0.15, -0.1) is 0 Å². The number of hydrogen-bond donors (Lipinski definition) is 2. The highest BCUT2D eigenvalue weighted by Crippen LogP contribution is 2.26. The summed E-state index contributed by atoms with van der Waals surface area (Å²) in [5, 5.41) is 3.41. The zero-order chi connectivity index (χ0) is 24.7. The van der Waals surface area contributed by atoms with Gasteiger partial charge in [0.2, 0.25) is 0 Å². The number of benzene rings is 4. The van der Waals surface area contributed by atoms with Crippen molar-refractivity contribution in [1.29, 1.82) is 0 Å². The highest BCUT2D eigenvalue weighted by molar-refractivity contribution is 6.19. The van der Waals surface area contributed by atoms with Crippen LogP contribution < -0.4 is 15.8 Å². The topological polar surface area (TPSA) is 72.0 Å². The fraction of sp³-hybridized carbons (Fsp3) is 0.0323. The van der Waals surface area contributed by atoms with Crippen LogP contribution in [0.1, 0.15) is 5.56 Å². The molecule has 0 saturated heterocycles. The van der Waals surface area contributed by atoms with Crippen LogP contribution >= 0.6 is 0 Å². The lowest BCUT2D eigenvalue weighted by Crippen LogP contribution is -1.99. The van der Waals surface area contributed by atoms with Crippen LogP contribution in [0.4, 0.5) is 28.4 Å². The maximum atomic E-state index is 5.90. The van der Waals surface area contributed by atoms with Crippen LogP contribution in [-0.4, -0.2) is 11.4 Å². The Bertz CT molecular complexity index is 1430. The van der Waals surface area contributed by atoms with Crippen LogP contribution in [0.5, 0.6) is 11.5 Å². The van der Waals surface area contributed by atoms with Gasteiger partial charge in [-0.2, -0.15) is 0 Å². The van der Waals surface area contributed by atoms with Crippen LogP contribution in [0.2, 0.25) is 0 Å². The lowest BCUT2D eigenvalue weighted by atomic mass is 10.1. The lowest BCUT2D eigenvalue weighted by Gasteiger charge is -2.09. The maximum absolute atomic E-state index is 5.90. The Labute approximate surface area is 211 Å². The van der Waals surface area contributed by atoms with Crippen molar-refractivity contribution in [3.63, 3.8) is 0 Å². The summed E-state index contributed by atoms with van der Waals surface area (Å²) < 4.78 is 5.90. The zero-order valence-electron chi connectivity index (χ0n) is 19.9. The van der Waals surface area contributed by atoms with Crippen molar-refractivity contribution in [2.24, 2.45) is 9.98 Å². The zero-order valence-corrected chi connectivity index (χ0v) is 19.9. The number of nitrogens with two attached hydrogens (primary N) is 1. The number of anilines is 3. The third-order valence-corrected chi connectivity index (χ3v) is 5.53. The first-order valence-corrected chi connectivity index (χ1v) is 11.7. The van der Waals surface area contributed by atoms with Gasteiger partial charge >= 0.3 is 0 Å².